The highest BCUT2D eigenvalue weighted by atomic mass is 32.1. The Balaban J connectivity index is 2.37. The lowest BCUT2D eigenvalue weighted by Gasteiger charge is -1.96. The standard InChI is InChI=1S/C10H7N3O3S/c1-5-8(16-10(15)12-5)7-4-17-9-11-2-6(3-14)13(7)9/h2-4H,1H3,(H,12,15). The van der Waals surface area contributed by atoms with Crippen LogP contribution in [0.5, 0.6) is 0 Å². The summed E-state index contributed by atoms with van der Waals surface area (Å²) in [6.45, 7) is 1.74. The smallest absolute Gasteiger partial charge is 0.406 e. The number of imidazole rings is 1. The summed E-state index contributed by atoms with van der Waals surface area (Å²) in [6, 6.07) is 0. The van der Waals surface area contributed by atoms with Crippen LogP contribution in [0.15, 0.2) is 20.8 Å². The summed E-state index contributed by atoms with van der Waals surface area (Å²) in [4.78, 5) is 29.3. The molecule has 0 amide bonds. The topological polar surface area (TPSA) is 80.4 Å². The highest BCUT2D eigenvalue weighted by Gasteiger charge is 2.16. The lowest BCUT2D eigenvalue weighted by molar-refractivity contribution is 0.111. The number of nitrogens with zero attached hydrogens (tertiary/aromatic N) is 2. The first-order valence-electron chi connectivity index (χ1n) is 4.81. The molecule has 0 saturated heterocycles. The van der Waals surface area contributed by atoms with Crippen LogP contribution < -0.4 is 5.76 Å². The molecule has 0 bridgehead atoms. The van der Waals surface area contributed by atoms with Gasteiger partial charge in [0.2, 0.25) is 0 Å². The molecule has 3 rings (SSSR count). The van der Waals surface area contributed by atoms with Crippen molar-refractivity contribution in [3.63, 3.8) is 0 Å². The van der Waals surface area contributed by atoms with Crippen LogP contribution >= 0.6 is 11.3 Å². The number of nitrogens with one attached hydrogen (secondary N) is 1. The molecule has 0 spiro atoms. The first kappa shape index (κ1) is 10.0. The molecule has 3 heterocycles. The number of H-pyrrole nitrogens is 1. The quantitative estimate of drug-likeness (QED) is 0.697. The Morgan fingerprint density at radius 3 is 3.06 bits per heavy atom. The molecule has 1 N–H and O–H groups in total. The Hall–Kier alpha value is -2.15. The molecule has 3 aromatic heterocycles. The predicted molar refractivity (Wildman–Crippen MR) is 61.5 cm³/mol. The maximum atomic E-state index is 11.1. The molecular weight excluding hydrogens is 242 g/mol. The van der Waals surface area contributed by atoms with Gasteiger partial charge in [0.1, 0.15) is 11.4 Å². The van der Waals surface area contributed by atoms with Gasteiger partial charge in [-0.05, 0) is 6.92 Å². The van der Waals surface area contributed by atoms with Gasteiger partial charge in [0.05, 0.1) is 11.9 Å². The van der Waals surface area contributed by atoms with Gasteiger partial charge in [0.15, 0.2) is 17.0 Å². The molecule has 0 fully saturated rings. The predicted octanol–water partition coefficient (Wildman–Crippen LogP) is 1.47. The van der Waals surface area contributed by atoms with Crippen LogP contribution in [0.3, 0.4) is 0 Å². The highest BCUT2D eigenvalue weighted by molar-refractivity contribution is 7.15. The lowest BCUT2D eigenvalue weighted by Crippen LogP contribution is -1.94. The second kappa shape index (κ2) is 3.42. The molecule has 86 valence electrons. The molecule has 3 aromatic rings. The SMILES string of the molecule is Cc1[nH]c(=O)oc1-c1csc2ncc(C=O)n12. The second-order valence-corrected chi connectivity index (χ2v) is 4.35. The van der Waals surface area contributed by atoms with E-state index in [1.807, 2.05) is 0 Å². The number of hydrogen-bond donors (Lipinski definition) is 1. The fraction of sp³-hybridized carbons (Fsp3) is 0.100. The Labute approximate surface area is 98.5 Å². The van der Waals surface area contributed by atoms with Gasteiger partial charge >= 0.3 is 5.76 Å². The first-order chi connectivity index (χ1) is 8.20. The van der Waals surface area contributed by atoms with Gasteiger partial charge in [0.25, 0.3) is 0 Å². The van der Waals surface area contributed by atoms with E-state index >= 15 is 0 Å². The Morgan fingerprint density at radius 1 is 1.59 bits per heavy atom. The van der Waals surface area contributed by atoms with Crippen molar-refractivity contribution in [2.24, 2.45) is 0 Å². The molecule has 0 aliphatic carbocycles. The van der Waals surface area contributed by atoms with Gasteiger partial charge in [-0.15, -0.1) is 11.3 Å². The number of aryl methyl sites for hydroxylation is 1. The minimum atomic E-state index is -0.510. The van der Waals surface area contributed by atoms with E-state index in [1.54, 1.807) is 16.7 Å². The number of thiazole rings is 1. The van der Waals surface area contributed by atoms with E-state index in [-0.39, 0.29) is 0 Å². The van der Waals surface area contributed by atoms with Crippen LogP contribution in [-0.4, -0.2) is 20.7 Å². The molecule has 0 aliphatic heterocycles. The number of aldehydes is 1. The van der Waals surface area contributed by atoms with Gasteiger partial charge in [-0.2, -0.15) is 0 Å². The van der Waals surface area contributed by atoms with Gasteiger partial charge in [-0.25, -0.2) is 9.78 Å². The van der Waals surface area contributed by atoms with Gasteiger partial charge in [0, 0.05) is 5.38 Å². The van der Waals surface area contributed by atoms with Crippen molar-refractivity contribution < 1.29 is 9.21 Å². The van der Waals surface area contributed by atoms with E-state index in [0.717, 1.165) is 6.29 Å². The number of oxazole rings is 1. The summed E-state index contributed by atoms with van der Waals surface area (Å²) in [5.74, 6) is -0.0769. The number of hydrogen-bond acceptors (Lipinski definition) is 5. The van der Waals surface area contributed by atoms with E-state index in [4.69, 9.17) is 4.42 Å². The van der Waals surface area contributed by atoms with Crippen LogP contribution in [0.25, 0.3) is 16.4 Å². The van der Waals surface area contributed by atoms with Crippen LogP contribution in [0.1, 0.15) is 16.2 Å². The molecule has 0 aliphatic rings. The fourth-order valence-electron chi connectivity index (χ4n) is 1.72. The van der Waals surface area contributed by atoms with E-state index < -0.39 is 5.76 Å². The minimum Gasteiger partial charge on any atom is -0.406 e. The minimum absolute atomic E-state index is 0.430. The molecule has 6 nitrogen and oxygen atoms in total. The van der Waals surface area contributed by atoms with Crippen molar-refractivity contribution >= 4 is 22.6 Å². The van der Waals surface area contributed by atoms with Gasteiger partial charge in [-0.1, -0.05) is 0 Å². The summed E-state index contributed by atoms with van der Waals surface area (Å²) in [7, 11) is 0. The van der Waals surface area contributed by atoms with E-state index in [2.05, 4.69) is 9.97 Å². The third-order valence-electron chi connectivity index (χ3n) is 2.45. The Kier molecular flexibility index (Phi) is 2.02. The zero-order valence-corrected chi connectivity index (χ0v) is 9.58. The largest absolute Gasteiger partial charge is 0.417 e. The van der Waals surface area contributed by atoms with Gasteiger partial charge < -0.3 is 4.42 Å². The molecular formula is C10H7N3O3S. The average molecular weight is 249 g/mol. The Morgan fingerprint density at radius 2 is 2.41 bits per heavy atom. The Bertz CT molecular complexity index is 761. The summed E-state index contributed by atoms with van der Waals surface area (Å²) in [6.07, 6.45) is 2.21. The van der Waals surface area contributed by atoms with Gasteiger partial charge in [-0.3, -0.25) is 14.2 Å². The first-order valence-corrected chi connectivity index (χ1v) is 5.69. The molecule has 0 atom stereocenters. The van der Waals surface area contributed by atoms with Crippen molar-refractivity contribution in [1.82, 2.24) is 14.4 Å². The maximum Gasteiger partial charge on any atom is 0.417 e. The number of aromatic nitrogens is 3. The second-order valence-electron chi connectivity index (χ2n) is 3.51. The molecule has 0 radical (unpaired) electrons. The number of aromatic amines is 1. The van der Waals surface area contributed by atoms with E-state index in [1.165, 1.54) is 17.5 Å². The van der Waals surface area contributed by atoms with Crippen molar-refractivity contribution in [3.05, 3.63) is 33.5 Å². The van der Waals surface area contributed by atoms with Crippen molar-refractivity contribution in [3.8, 4) is 11.5 Å². The third kappa shape index (κ3) is 1.36. The zero-order valence-electron chi connectivity index (χ0n) is 8.76. The summed E-state index contributed by atoms with van der Waals surface area (Å²) in [5, 5.41) is 1.80. The van der Waals surface area contributed by atoms with Crippen LogP contribution in [-0.2, 0) is 0 Å². The van der Waals surface area contributed by atoms with Crippen molar-refractivity contribution in [2.45, 2.75) is 6.92 Å². The number of carbonyl (C=O) groups excluding carboxylic acids is 1. The van der Waals surface area contributed by atoms with E-state index in [9.17, 15) is 9.59 Å². The van der Waals surface area contributed by atoms with Crippen LogP contribution in [0.2, 0.25) is 0 Å². The number of fused-ring (bicyclic) bond motifs is 1. The van der Waals surface area contributed by atoms with Crippen LogP contribution in [0.4, 0.5) is 0 Å². The zero-order chi connectivity index (χ0) is 12.0. The normalized spacial score (nSPS) is 11.1. The summed E-state index contributed by atoms with van der Waals surface area (Å²) in [5.41, 5.74) is 1.71. The maximum absolute atomic E-state index is 11.1. The summed E-state index contributed by atoms with van der Waals surface area (Å²) < 4.78 is 6.73. The third-order valence-corrected chi connectivity index (χ3v) is 3.29. The average Bonchev–Trinajstić information content (AvgIpc) is 2.92. The molecule has 7 heteroatoms. The monoisotopic (exact) mass is 249 g/mol. The highest BCUT2D eigenvalue weighted by Crippen LogP contribution is 2.27. The molecule has 0 unspecified atom stereocenters. The molecule has 0 aromatic carbocycles. The number of rotatable bonds is 2. The van der Waals surface area contributed by atoms with Crippen molar-refractivity contribution in [2.75, 3.05) is 0 Å². The van der Waals surface area contributed by atoms with Crippen LogP contribution in [0, 0.1) is 6.92 Å². The lowest BCUT2D eigenvalue weighted by atomic mass is 10.3. The van der Waals surface area contributed by atoms with Crippen molar-refractivity contribution in [1.29, 1.82) is 0 Å². The number of carbonyl (C=O) groups is 1. The van der Waals surface area contributed by atoms with E-state index in [0.29, 0.717) is 27.8 Å². The summed E-state index contributed by atoms with van der Waals surface area (Å²) >= 11 is 1.38. The molecule has 0 saturated carbocycles. The molecule has 17 heavy (non-hydrogen) atoms. The fourth-order valence-corrected chi connectivity index (χ4v) is 2.57.